The van der Waals surface area contributed by atoms with E-state index >= 15 is 0 Å². The van der Waals surface area contributed by atoms with Gasteiger partial charge in [0.2, 0.25) is 0 Å². The van der Waals surface area contributed by atoms with Crippen LogP contribution >= 0.6 is 11.3 Å². The molecule has 8 nitrogen and oxygen atoms in total. The average Bonchev–Trinajstić information content (AvgIpc) is 3.52. The van der Waals surface area contributed by atoms with E-state index in [4.69, 9.17) is 14.3 Å². The van der Waals surface area contributed by atoms with Crippen LogP contribution < -0.4 is 14.9 Å². The monoisotopic (exact) mass is 556 g/mol. The Labute approximate surface area is 234 Å². The minimum absolute atomic E-state index is 0.183. The zero-order valence-corrected chi connectivity index (χ0v) is 23.3. The standard InChI is InChI=1S/C31H28N2O6S/c1-5-38-30(37)26-18(4)32-31-33(27(26)21-10-6-19(7-11-21)17(2)3)28(34)25(40-31)16-23-14-15-24(39-23)20-8-12-22(13-9-20)29(35)36/h6-17,27H,5H2,1-4H3,(H,35,36)/b25-16-. The first-order valence-corrected chi connectivity index (χ1v) is 13.7. The molecular weight excluding hydrogens is 528 g/mol. The molecule has 5 rings (SSSR count). The van der Waals surface area contributed by atoms with E-state index in [0.717, 1.165) is 11.1 Å². The van der Waals surface area contributed by atoms with Gasteiger partial charge in [0.05, 0.1) is 34.0 Å². The van der Waals surface area contributed by atoms with Crippen LogP contribution in [0.5, 0.6) is 0 Å². The minimum atomic E-state index is -1.00. The Kier molecular flexibility index (Phi) is 7.40. The van der Waals surface area contributed by atoms with Crippen LogP contribution in [-0.2, 0) is 9.53 Å². The van der Waals surface area contributed by atoms with Crippen molar-refractivity contribution in [1.82, 2.24) is 4.57 Å². The molecule has 9 heteroatoms. The SMILES string of the molecule is CCOC(=O)C1=C(C)N=c2s/c(=C\c3ccc(-c4ccc(C(=O)O)cc4)o3)c(=O)n2C1c1ccc(C(C)C)cc1. The molecular formula is C31H28N2O6S. The van der Waals surface area contributed by atoms with Crippen LogP contribution in [0, 0.1) is 0 Å². The van der Waals surface area contributed by atoms with E-state index in [0.29, 0.717) is 43.6 Å². The highest BCUT2D eigenvalue weighted by molar-refractivity contribution is 7.07. The van der Waals surface area contributed by atoms with Crippen molar-refractivity contribution in [3.63, 3.8) is 0 Å². The van der Waals surface area contributed by atoms with Gasteiger partial charge >= 0.3 is 11.9 Å². The molecule has 204 valence electrons. The zero-order valence-electron chi connectivity index (χ0n) is 22.5. The van der Waals surface area contributed by atoms with Crippen LogP contribution in [0.4, 0.5) is 0 Å². The molecule has 0 fully saturated rings. The predicted octanol–water partition coefficient (Wildman–Crippen LogP) is 4.88. The van der Waals surface area contributed by atoms with Crippen LogP contribution in [0.25, 0.3) is 17.4 Å². The number of carboxylic acids is 1. The molecule has 1 aliphatic rings. The summed E-state index contributed by atoms with van der Waals surface area (Å²) < 4.78 is 13.3. The number of hydrogen-bond acceptors (Lipinski definition) is 7. The Hall–Kier alpha value is -4.50. The molecule has 0 spiro atoms. The number of esters is 1. The van der Waals surface area contributed by atoms with Gasteiger partial charge in [-0.05, 0) is 55.2 Å². The van der Waals surface area contributed by atoms with Gasteiger partial charge in [-0.1, -0.05) is 61.6 Å². The number of aromatic nitrogens is 1. The number of ether oxygens (including phenoxy) is 1. The molecule has 0 bridgehead atoms. The van der Waals surface area contributed by atoms with Crippen LogP contribution in [-0.4, -0.2) is 28.2 Å². The number of nitrogens with zero attached hydrogens (tertiary/aromatic N) is 2. The number of benzene rings is 2. The van der Waals surface area contributed by atoms with Gasteiger partial charge in [-0.15, -0.1) is 0 Å². The van der Waals surface area contributed by atoms with Crippen LogP contribution in [0.3, 0.4) is 0 Å². The number of allylic oxidation sites excluding steroid dienone is 1. The quantitative estimate of drug-likeness (QED) is 0.325. The van der Waals surface area contributed by atoms with E-state index in [1.165, 1.54) is 23.5 Å². The molecule has 0 saturated carbocycles. The van der Waals surface area contributed by atoms with Crippen LogP contribution in [0.1, 0.15) is 66.9 Å². The molecule has 40 heavy (non-hydrogen) atoms. The fourth-order valence-electron chi connectivity index (χ4n) is 4.66. The molecule has 4 aromatic rings. The second-order valence-electron chi connectivity index (χ2n) is 9.71. The number of carbonyl (C=O) groups is 2. The van der Waals surface area contributed by atoms with E-state index in [9.17, 15) is 14.4 Å². The van der Waals surface area contributed by atoms with Crippen molar-refractivity contribution in [2.24, 2.45) is 4.99 Å². The summed E-state index contributed by atoms with van der Waals surface area (Å²) in [7, 11) is 0. The summed E-state index contributed by atoms with van der Waals surface area (Å²) in [6.07, 6.45) is 1.65. The van der Waals surface area contributed by atoms with Crippen LogP contribution in [0.2, 0.25) is 0 Å². The Morgan fingerprint density at radius 1 is 1.10 bits per heavy atom. The number of furan rings is 1. The second-order valence-corrected chi connectivity index (χ2v) is 10.7. The summed E-state index contributed by atoms with van der Waals surface area (Å²) >= 11 is 1.22. The fraction of sp³-hybridized carbons (Fsp3) is 0.226. The first kappa shape index (κ1) is 27.1. The number of rotatable bonds is 7. The zero-order chi connectivity index (χ0) is 28.6. The van der Waals surface area contributed by atoms with Gasteiger partial charge in [-0.2, -0.15) is 0 Å². The predicted molar refractivity (Wildman–Crippen MR) is 152 cm³/mol. The number of hydrogen-bond donors (Lipinski definition) is 1. The van der Waals surface area contributed by atoms with Gasteiger partial charge in [0, 0.05) is 11.6 Å². The number of carbonyl (C=O) groups excluding carboxylic acids is 1. The third kappa shape index (κ3) is 5.08. The van der Waals surface area contributed by atoms with Gasteiger partial charge in [-0.25, -0.2) is 14.6 Å². The molecule has 1 atom stereocenters. The van der Waals surface area contributed by atoms with Crippen molar-refractivity contribution in [2.75, 3.05) is 6.61 Å². The number of fused-ring (bicyclic) bond motifs is 1. The Balaban J connectivity index is 1.59. The highest BCUT2D eigenvalue weighted by Crippen LogP contribution is 2.31. The number of aromatic carboxylic acids is 1. The Morgan fingerprint density at radius 2 is 1.80 bits per heavy atom. The van der Waals surface area contributed by atoms with Crippen molar-refractivity contribution in [3.05, 3.63) is 114 Å². The third-order valence-corrected chi connectivity index (χ3v) is 7.74. The highest BCUT2D eigenvalue weighted by Gasteiger charge is 2.33. The van der Waals surface area contributed by atoms with E-state index in [1.54, 1.807) is 48.8 Å². The van der Waals surface area contributed by atoms with Crippen molar-refractivity contribution in [1.29, 1.82) is 0 Å². The lowest BCUT2D eigenvalue weighted by Gasteiger charge is -2.25. The first-order chi connectivity index (χ1) is 19.2. The largest absolute Gasteiger partial charge is 0.478 e. The summed E-state index contributed by atoms with van der Waals surface area (Å²) in [6, 6.07) is 17.1. The topological polar surface area (TPSA) is 111 Å². The molecule has 1 unspecified atom stereocenters. The van der Waals surface area contributed by atoms with Gasteiger partial charge in [-0.3, -0.25) is 9.36 Å². The Morgan fingerprint density at radius 3 is 2.42 bits per heavy atom. The van der Waals surface area contributed by atoms with Crippen molar-refractivity contribution in [2.45, 2.75) is 39.7 Å². The molecule has 1 N–H and O–H groups in total. The van der Waals surface area contributed by atoms with E-state index < -0.39 is 18.0 Å². The lowest BCUT2D eigenvalue weighted by Crippen LogP contribution is -2.39. The summed E-state index contributed by atoms with van der Waals surface area (Å²) in [5.74, 6) is -0.162. The molecule has 2 aromatic heterocycles. The third-order valence-electron chi connectivity index (χ3n) is 6.75. The normalized spacial score (nSPS) is 15.2. The number of thiazole rings is 1. The molecule has 3 heterocycles. The van der Waals surface area contributed by atoms with Gasteiger partial charge in [0.15, 0.2) is 4.80 Å². The van der Waals surface area contributed by atoms with Crippen molar-refractivity contribution in [3.8, 4) is 11.3 Å². The average molecular weight is 557 g/mol. The maximum Gasteiger partial charge on any atom is 0.338 e. The molecule has 2 aromatic carbocycles. The fourth-order valence-corrected chi connectivity index (χ4v) is 5.69. The van der Waals surface area contributed by atoms with Gasteiger partial charge in [0.25, 0.3) is 5.56 Å². The first-order valence-electron chi connectivity index (χ1n) is 12.9. The van der Waals surface area contributed by atoms with E-state index in [-0.39, 0.29) is 17.7 Å². The molecule has 0 radical (unpaired) electrons. The summed E-state index contributed by atoms with van der Waals surface area (Å²) in [5.41, 5.74) is 3.39. The molecule has 0 aliphatic carbocycles. The van der Waals surface area contributed by atoms with Gasteiger partial charge in [0.1, 0.15) is 11.5 Å². The molecule has 0 saturated heterocycles. The smallest absolute Gasteiger partial charge is 0.338 e. The lowest BCUT2D eigenvalue weighted by molar-refractivity contribution is -0.139. The maximum absolute atomic E-state index is 13.8. The molecule has 0 amide bonds. The maximum atomic E-state index is 13.8. The summed E-state index contributed by atoms with van der Waals surface area (Å²) in [5, 5.41) is 9.13. The van der Waals surface area contributed by atoms with Gasteiger partial charge < -0.3 is 14.3 Å². The molecule has 1 aliphatic heterocycles. The van der Waals surface area contributed by atoms with E-state index in [2.05, 4.69) is 18.8 Å². The Bertz CT molecular complexity index is 1800. The number of carboxylic acid groups (broad SMARTS) is 1. The minimum Gasteiger partial charge on any atom is -0.478 e. The van der Waals surface area contributed by atoms with E-state index in [1.807, 2.05) is 24.3 Å². The lowest BCUT2D eigenvalue weighted by atomic mass is 9.93. The van der Waals surface area contributed by atoms with Crippen LogP contribution in [0.15, 0.2) is 86.1 Å². The summed E-state index contributed by atoms with van der Waals surface area (Å²) in [6.45, 7) is 7.92. The van der Waals surface area contributed by atoms with Crippen molar-refractivity contribution >= 4 is 29.4 Å². The summed E-state index contributed by atoms with van der Waals surface area (Å²) in [4.78, 5) is 43.1. The second kappa shape index (κ2) is 10.9. The van der Waals surface area contributed by atoms with Crippen molar-refractivity contribution < 1.29 is 23.8 Å². The highest BCUT2D eigenvalue weighted by atomic mass is 32.1.